The molecule has 2 rings (SSSR count). The van der Waals surface area contributed by atoms with Crippen LogP contribution < -0.4 is 4.74 Å². The highest BCUT2D eigenvalue weighted by molar-refractivity contribution is 5.32. The lowest BCUT2D eigenvalue weighted by Crippen LogP contribution is -1.98. The van der Waals surface area contributed by atoms with Gasteiger partial charge in [-0.1, -0.05) is 12.1 Å². The summed E-state index contributed by atoms with van der Waals surface area (Å²) in [6.45, 7) is 0.206. The monoisotopic (exact) mass is 228 g/mol. The van der Waals surface area contributed by atoms with Crippen molar-refractivity contribution in [2.75, 3.05) is 0 Å². The number of pyridine rings is 1. The van der Waals surface area contributed by atoms with Crippen molar-refractivity contribution in [1.29, 1.82) is 5.26 Å². The first-order chi connectivity index (χ1) is 8.29. The smallest absolute Gasteiger partial charge is 0.255 e. The molecule has 0 atom stereocenters. The Hall–Kier alpha value is -2.41. The van der Waals surface area contributed by atoms with Crippen molar-refractivity contribution in [1.82, 2.24) is 4.98 Å². The summed E-state index contributed by atoms with van der Waals surface area (Å²) >= 11 is 0. The van der Waals surface area contributed by atoms with Gasteiger partial charge in [0.2, 0.25) is 0 Å². The number of nitriles is 1. The fourth-order valence-electron chi connectivity index (χ4n) is 1.37. The standard InChI is InChI=1S/C13H9FN2O/c14-13-12(5-2-6-16-13)17-9-11-4-1-3-10(7-11)8-15/h1-7H,9H2. The van der Waals surface area contributed by atoms with Crippen LogP contribution in [0.1, 0.15) is 11.1 Å². The van der Waals surface area contributed by atoms with Gasteiger partial charge in [-0.3, -0.25) is 0 Å². The average molecular weight is 228 g/mol. The Balaban J connectivity index is 2.08. The molecule has 3 nitrogen and oxygen atoms in total. The zero-order valence-corrected chi connectivity index (χ0v) is 8.93. The molecule has 0 spiro atoms. The minimum Gasteiger partial charge on any atom is -0.484 e. The second-order valence-electron chi connectivity index (χ2n) is 3.39. The summed E-state index contributed by atoms with van der Waals surface area (Å²) < 4.78 is 18.4. The van der Waals surface area contributed by atoms with E-state index in [0.29, 0.717) is 5.56 Å². The van der Waals surface area contributed by atoms with Crippen molar-refractivity contribution in [2.45, 2.75) is 6.61 Å². The van der Waals surface area contributed by atoms with Crippen LogP contribution in [0.25, 0.3) is 0 Å². The van der Waals surface area contributed by atoms with E-state index in [1.54, 1.807) is 24.3 Å². The molecule has 1 aromatic heterocycles. The van der Waals surface area contributed by atoms with Crippen LogP contribution in [-0.2, 0) is 6.61 Å². The third-order valence-electron chi connectivity index (χ3n) is 2.18. The van der Waals surface area contributed by atoms with Crippen LogP contribution in [0.3, 0.4) is 0 Å². The van der Waals surface area contributed by atoms with Gasteiger partial charge >= 0.3 is 0 Å². The quantitative estimate of drug-likeness (QED) is 0.759. The molecule has 0 saturated carbocycles. The lowest BCUT2D eigenvalue weighted by molar-refractivity contribution is 0.286. The number of ether oxygens (including phenoxy) is 1. The lowest BCUT2D eigenvalue weighted by Gasteiger charge is -2.06. The van der Waals surface area contributed by atoms with Crippen molar-refractivity contribution in [3.05, 3.63) is 59.7 Å². The van der Waals surface area contributed by atoms with Gasteiger partial charge < -0.3 is 4.74 Å². The van der Waals surface area contributed by atoms with Crippen LogP contribution in [-0.4, -0.2) is 4.98 Å². The molecule has 17 heavy (non-hydrogen) atoms. The lowest BCUT2D eigenvalue weighted by atomic mass is 10.1. The Kier molecular flexibility index (Phi) is 3.31. The molecule has 0 aliphatic heterocycles. The topological polar surface area (TPSA) is 45.9 Å². The molecule has 0 bridgehead atoms. The van der Waals surface area contributed by atoms with Gasteiger partial charge in [0.15, 0.2) is 5.75 Å². The number of benzene rings is 1. The molecule has 0 amide bonds. The van der Waals surface area contributed by atoms with E-state index in [4.69, 9.17) is 10.00 Å². The predicted octanol–water partition coefficient (Wildman–Crippen LogP) is 2.67. The fraction of sp³-hybridized carbons (Fsp3) is 0.0769. The van der Waals surface area contributed by atoms with Gasteiger partial charge in [0.05, 0.1) is 11.6 Å². The molecule has 0 radical (unpaired) electrons. The molecule has 0 fully saturated rings. The summed E-state index contributed by atoms with van der Waals surface area (Å²) in [5.74, 6) is -0.529. The summed E-state index contributed by atoms with van der Waals surface area (Å²) in [7, 11) is 0. The van der Waals surface area contributed by atoms with Crippen molar-refractivity contribution in [2.24, 2.45) is 0 Å². The molecule has 0 N–H and O–H groups in total. The van der Waals surface area contributed by atoms with Gasteiger partial charge in [-0.15, -0.1) is 0 Å². The first-order valence-corrected chi connectivity index (χ1v) is 5.02. The zero-order chi connectivity index (χ0) is 12.1. The number of hydrogen-bond donors (Lipinski definition) is 0. The van der Waals surface area contributed by atoms with E-state index < -0.39 is 5.95 Å². The molecule has 1 aromatic carbocycles. The summed E-state index contributed by atoms with van der Waals surface area (Å²) in [6, 6.07) is 12.1. The third kappa shape index (κ3) is 2.79. The molecular weight excluding hydrogens is 219 g/mol. The van der Waals surface area contributed by atoms with Gasteiger partial charge in [0, 0.05) is 6.20 Å². The highest BCUT2D eigenvalue weighted by Gasteiger charge is 2.03. The first kappa shape index (κ1) is 11.1. The Morgan fingerprint density at radius 1 is 1.29 bits per heavy atom. The molecule has 0 unspecified atom stereocenters. The second kappa shape index (κ2) is 5.08. The SMILES string of the molecule is N#Cc1cccc(COc2cccnc2F)c1. The molecule has 2 aromatic rings. The average Bonchev–Trinajstić information content (AvgIpc) is 2.38. The fourth-order valence-corrected chi connectivity index (χ4v) is 1.37. The summed E-state index contributed by atoms with van der Waals surface area (Å²) in [6.07, 6.45) is 1.36. The molecule has 0 aliphatic carbocycles. The largest absolute Gasteiger partial charge is 0.484 e. The minimum absolute atomic E-state index is 0.106. The molecular formula is C13H9FN2O. The predicted molar refractivity (Wildman–Crippen MR) is 59.7 cm³/mol. The van der Waals surface area contributed by atoms with Crippen LogP contribution >= 0.6 is 0 Å². The number of aromatic nitrogens is 1. The van der Waals surface area contributed by atoms with Crippen molar-refractivity contribution in [3.8, 4) is 11.8 Å². The van der Waals surface area contributed by atoms with E-state index >= 15 is 0 Å². The van der Waals surface area contributed by atoms with E-state index in [-0.39, 0.29) is 12.4 Å². The van der Waals surface area contributed by atoms with E-state index in [1.165, 1.54) is 12.3 Å². The van der Waals surface area contributed by atoms with E-state index in [2.05, 4.69) is 4.98 Å². The summed E-state index contributed by atoms with van der Waals surface area (Å²) in [5.41, 5.74) is 1.37. The maximum Gasteiger partial charge on any atom is 0.255 e. The Morgan fingerprint density at radius 3 is 2.94 bits per heavy atom. The van der Waals surface area contributed by atoms with E-state index in [9.17, 15) is 4.39 Å². The van der Waals surface area contributed by atoms with Crippen LogP contribution in [0.15, 0.2) is 42.6 Å². The molecule has 1 heterocycles. The number of hydrogen-bond acceptors (Lipinski definition) is 3. The Labute approximate surface area is 98.1 Å². The third-order valence-corrected chi connectivity index (χ3v) is 2.18. The highest BCUT2D eigenvalue weighted by atomic mass is 19.1. The summed E-state index contributed by atoms with van der Waals surface area (Å²) in [4.78, 5) is 3.48. The van der Waals surface area contributed by atoms with Gasteiger partial charge in [-0.25, -0.2) is 4.98 Å². The second-order valence-corrected chi connectivity index (χ2v) is 3.39. The van der Waals surface area contributed by atoms with Crippen molar-refractivity contribution >= 4 is 0 Å². The number of halogens is 1. The van der Waals surface area contributed by atoms with Gasteiger partial charge in [0.1, 0.15) is 6.61 Å². The molecule has 0 saturated heterocycles. The van der Waals surface area contributed by atoms with Gasteiger partial charge in [-0.2, -0.15) is 9.65 Å². The maximum atomic E-state index is 13.1. The van der Waals surface area contributed by atoms with Gasteiger partial charge in [0.25, 0.3) is 5.95 Å². The van der Waals surface area contributed by atoms with Crippen LogP contribution in [0.5, 0.6) is 5.75 Å². The van der Waals surface area contributed by atoms with Crippen LogP contribution in [0, 0.1) is 17.3 Å². The van der Waals surface area contributed by atoms with Crippen LogP contribution in [0.2, 0.25) is 0 Å². The summed E-state index contributed by atoms with van der Waals surface area (Å²) in [5, 5.41) is 8.73. The number of rotatable bonds is 3. The zero-order valence-electron chi connectivity index (χ0n) is 8.93. The molecule has 4 heteroatoms. The van der Waals surface area contributed by atoms with E-state index in [1.807, 2.05) is 12.1 Å². The van der Waals surface area contributed by atoms with Crippen LogP contribution in [0.4, 0.5) is 4.39 Å². The molecule has 0 aliphatic rings. The maximum absolute atomic E-state index is 13.1. The normalized spacial score (nSPS) is 9.65. The van der Waals surface area contributed by atoms with Gasteiger partial charge in [-0.05, 0) is 29.8 Å². The Morgan fingerprint density at radius 2 is 2.18 bits per heavy atom. The number of nitrogens with zero attached hydrogens (tertiary/aromatic N) is 2. The van der Waals surface area contributed by atoms with E-state index in [0.717, 1.165) is 5.56 Å². The highest BCUT2D eigenvalue weighted by Crippen LogP contribution is 2.15. The minimum atomic E-state index is -0.635. The van der Waals surface area contributed by atoms with Crippen molar-refractivity contribution in [3.63, 3.8) is 0 Å². The Bertz CT molecular complexity index is 563. The van der Waals surface area contributed by atoms with Crippen molar-refractivity contribution < 1.29 is 9.13 Å². The first-order valence-electron chi connectivity index (χ1n) is 5.02. The molecule has 84 valence electrons.